The molecule has 0 unspecified atom stereocenters. The Kier molecular flexibility index (Phi) is 2.33. The number of hydrogen-bond acceptors (Lipinski definition) is 4. The predicted octanol–water partition coefficient (Wildman–Crippen LogP) is 1.56. The monoisotopic (exact) mass is 215 g/mol. The van der Waals surface area contributed by atoms with Crippen molar-refractivity contribution in [2.24, 2.45) is 0 Å². The maximum absolute atomic E-state index is 11.0. The van der Waals surface area contributed by atoms with Gasteiger partial charge in [-0.2, -0.15) is 5.26 Å². The van der Waals surface area contributed by atoms with Gasteiger partial charge >= 0.3 is 0 Å². The van der Waals surface area contributed by atoms with Crippen molar-refractivity contribution in [1.82, 2.24) is 9.97 Å². The zero-order chi connectivity index (χ0) is 11.7. The van der Waals surface area contributed by atoms with Gasteiger partial charge in [0.05, 0.1) is 18.2 Å². The molecule has 0 fully saturated rings. The van der Waals surface area contributed by atoms with Crippen LogP contribution in [0.1, 0.15) is 21.6 Å². The summed E-state index contributed by atoms with van der Waals surface area (Å²) in [5.74, 6) is 0.258. The first-order chi connectivity index (χ1) is 7.72. The molecule has 2 aromatic rings. The lowest BCUT2D eigenvalue weighted by molar-refractivity contribution is 0.112. The molecule has 1 N–H and O–H groups in total. The summed E-state index contributed by atoms with van der Waals surface area (Å²) in [5, 5.41) is 9.62. The van der Waals surface area contributed by atoms with Crippen LogP contribution in [0, 0.1) is 18.3 Å². The first kappa shape index (κ1) is 10.2. The number of methoxy groups -OCH3 is 1. The van der Waals surface area contributed by atoms with Gasteiger partial charge in [0.15, 0.2) is 6.29 Å². The van der Waals surface area contributed by atoms with Crippen molar-refractivity contribution in [3.8, 4) is 11.9 Å². The van der Waals surface area contributed by atoms with E-state index in [1.807, 2.05) is 0 Å². The van der Waals surface area contributed by atoms with Crippen molar-refractivity contribution in [3.05, 3.63) is 23.0 Å². The Bertz CT molecular complexity index is 608. The molecule has 0 atom stereocenters. The van der Waals surface area contributed by atoms with Gasteiger partial charge in [-0.05, 0) is 6.92 Å². The molecule has 2 aromatic heterocycles. The van der Waals surface area contributed by atoms with Crippen LogP contribution in [0.25, 0.3) is 10.9 Å². The van der Waals surface area contributed by atoms with Crippen molar-refractivity contribution in [2.75, 3.05) is 7.11 Å². The van der Waals surface area contributed by atoms with Gasteiger partial charge in [-0.15, -0.1) is 0 Å². The molecule has 0 saturated heterocycles. The molecule has 5 heteroatoms. The van der Waals surface area contributed by atoms with E-state index >= 15 is 0 Å². The number of aromatic nitrogens is 2. The highest BCUT2D eigenvalue weighted by Gasteiger charge is 2.15. The fourth-order valence-corrected chi connectivity index (χ4v) is 1.70. The summed E-state index contributed by atoms with van der Waals surface area (Å²) >= 11 is 0. The van der Waals surface area contributed by atoms with Crippen molar-refractivity contribution in [3.63, 3.8) is 0 Å². The van der Waals surface area contributed by atoms with E-state index in [2.05, 4.69) is 16.0 Å². The zero-order valence-corrected chi connectivity index (χ0v) is 8.87. The van der Waals surface area contributed by atoms with Crippen LogP contribution in [0.3, 0.4) is 0 Å². The Balaban J connectivity index is 2.91. The molecule has 16 heavy (non-hydrogen) atoms. The minimum Gasteiger partial charge on any atom is -0.480 e. The number of aldehydes is 1. The second kappa shape index (κ2) is 3.66. The van der Waals surface area contributed by atoms with Crippen LogP contribution in [0.4, 0.5) is 0 Å². The second-order valence-corrected chi connectivity index (χ2v) is 3.32. The van der Waals surface area contributed by atoms with E-state index < -0.39 is 0 Å². The van der Waals surface area contributed by atoms with E-state index in [1.165, 1.54) is 13.3 Å². The molecule has 0 radical (unpaired) electrons. The number of nitrogens with one attached hydrogen (secondary N) is 1. The Morgan fingerprint density at radius 3 is 2.94 bits per heavy atom. The molecule has 80 valence electrons. The number of fused-ring (bicyclic) bond motifs is 1. The lowest BCUT2D eigenvalue weighted by Crippen LogP contribution is -1.94. The molecule has 0 saturated carbocycles. The molecule has 0 aliphatic carbocycles. The predicted molar refractivity (Wildman–Crippen MR) is 57.5 cm³/mol. The molecule has 0 aromatic carbocycles. The normalized spacial score (nSPS) is 10.1. The number of ether oxygens (including phenoxy) is 1. The Hall–Kier alpha value is -2.35. The van der Waals surface area contributed by atoms with Gasteiger partial charge in [0, 0.05) is 17.3 Å². The summed E-state index contributed by atoms with van der Waals surface area (Å²) in [6, 6.07) is 2.08. The van der Waals surface area contributed by atoms with Gasteiger partial charge in [0.2, 0.25) is 5.88 Å². The summed E-state index contributed by atoms with van der Waals surface area (Å²) in [5.41, 5.74) is 2.16. The number of carbonyl (C=O) groups is 1. The Labute approximate surface area is 91.7 Å². The molecule has 0 spiro atoms. The summed E-state index contributed by atoms with van der Waals surface area (Å²) in [6.45, 7) is 1.78. The minimum atomic E-state index is 0.258. The van der Waals surface area contributed by atoms with Crippen LogP contribution < -0.4 is 4.74 Å². The maximum atomic E-state index is 11.0. The maximum Gasteiger partial charge on any atom is 0.225 e. The van der Waals surface area contributed by atoms with Gasteiger partial charge in [-0.25, -0.2) is 4.98 Å². The first-order valence-corrected chi connectivity index (χ1v) is 4.63. The van der Waals surface area contributed by atoms with Gasteiger partial charge in [0.25, 0.3) is 0 Å². The zero-order valence-electron chi connectivity index (χ0n) is 8.87. The highest BCUT2D eigenvalue weighted by molar-refractivity contribution is 6.00. The lowest BCUT2D eigenvalue weighted by atomic mass is 10.1. The molecular formula is C11H9N3O2. The smallest absolute Gasteiger partial charge is 0.225 e. The average Bonchev–Trinajstić information content (AvgIpc) is 2.62. The number of carbonyl (C=O) groups excluding carboxylic acids is 1. The Morgan fingerprint density at radius 2 is 2.38 bits per heavy atom. The van der Waals surface area contributed by atoms with E-state index in [-0.39, 0.29) is 5.88 Å². The molecule has 0 amide bonds. The van der Waals surface area contributed by atoms with E-state index in [0.717, 1.165) is 5.69 Å². The van der Waals surface area contributed by atoms with Crippen molar-refractivity contribution in [2.45, 2.75) is 6.92 Å². The van der Waals surface area contributed by atoms with Gasteiger partial charge in [0.1, 0.15) is 11.6 Å². The number of hydrogen-bond donors (Lipinski definition) is 1. The fraction of sp³-hybridized carbons (Fsp3) is 0.182. The van der Waals surface area contributed by atoms with Gasteiger partial charge in [-0.1, -0.05) is 0 Å². The minimum absolute atomic E-state index is 0.258. The van der Waals surface area contributed by atoms with Crippen LogP contribution in [0.15, 0.2) is 6.20 Å². The summed E-state index contributed by atoms with van der Waals surface area (Å²) < 4.78 is 4.98. The van der Waals surface area contributed by atoms with E-state index in [1.54, 1.807) is 6.92 Å². The Morgan fingerprint density at radius 1 is 1.62 bits per heavy atom. The van der Waals surface area contributed by atoms with Crippen LogP contribution in [-0.4, -0.2) is 23.4 Å². The van der Waals surface area contributed by atoms with E-state index in [9.17, 15) is 4.79 Å². The topological polar surface area (TPSA) is 78.8 Å². The number of rotatable bonds is 2. The summed E-state index contributed by atoms with van der Waals surface area (Å²) in [6.07, 6.45) is 2.20. The van der Waals surface area contributed by atoms with E-state index in [0.29, 0.717) is 28.3 Å². The summed E-state index contributed by atoms with van der Waals surface area (Å²) in [7, 11) is 1.45. The van der Waals surface area contributed by atoms with Crippen molar-refractivity contribution >= 4 is 17.2 Å². The van der Waals surface area contributed by atoms with Crippen LogP contribution in [-0.2, 0) is 0 Å². The van der Waals surface area contributed by atoms with Crippen LogP contribution >= 0.6 is 0 Å². The standard InChI is InChI=1S/C11H9N3O2/c1-6-7(3-12)8-4-13-11(16-2)9(5-15)10(8)14-6/h4-5,14H,1-2H3. The number of nitriles is 1. The number of aryl methyl sites for hydroxylation is 1. The lowest BCUT2D eigenvalue weighted by Gasteiger charge is -2.02. The summed E-state index contributed by atoms with van der Waals surface area (Å²) in [4.78, 5) is 18.0. The number of aromatic amines is 1. The van der Waals surface area contributed by atoms with Crippen molar-refractivity contribution < 1.29 is 9.53 Å². The van der Waals surface area contributed by atoms with Crippen LogP contribution in [0.5, 0.6) is 5.88 Å². The quantitative estimate of drug-likeness (QED) is 0.771. The number of nitrogens with zero attached hydrogens (tertiary/aromatic N) is 2. The fourth-order valence-electron chi connectivity index (χ4n) is 1.70. The third-order valence-corrected chi connectivity index (χ3v) is 2.46. The highest BCUT2D eigenvalue weighted by atomic mass is 16.5. The van der Waals surface area contributed by atoms with E-state index in [4.69, 9.17) is 10.00 Å². The van der Waals surface area contributed by atoms with Gasteiger partial charge in [-0.3, -0.25) is 4.79 Å². The third-order valence-electron chi connectivity index (χ3n) is 2.46. The molecule has 0 aliphatic rings. The third kappa shape index (κ3) is 1.24. The molecular weight excluding hydrogens is 206 g/mol. The largest absolute Gasteiger partial charge is 0.480 e. The van der Waals surface area contributed by atoms with Crippen molar-refractivity contribution in [1.29, 1.82) is 5.26 Å². The highest BCUT2D eigenvalue weighted by Crippen LogP contribution is 2.27. The van der Waals surface area contributed by atoms with Gasteiger partial charge < -0.3 is 9.72 Å². The second-order valence-electron chi connectivity index (χ2n) is 3.32. The molecule has 0 bridgehead atoms. The average molecular weight is 215 g/mol. The number of H-pyrrole nitrogens is 1. The van der Waals surface area contributed by atoms with Crippen LogP contribution in [0.2, 0.25) is 0 Å². The first-order valence-electron chi connectivity index (χ1n) is 4.63. The SMILES string of the molecule is COc1ncc2c(C#N)c(C)[nH]c2c1C=O. The molecule has 5 nitrogen and oxygen atoms in total. The molecule has 0 aliphatic heterocycles. The molecule has 2 rings (SSSR count). The number of pyridine rings is 1. The molecule has 2 heterocycles.